The van der Waals surface area contributed by atoms with Gasteiger partial charge in [-0.1, -0.05) is 12.1 Å². The molecule has 1 aromatic heterocycles. The number of furan rings is 1. The lowest BCUT2D eigenvalue weighted by Gasteiger charge is -2.27. The molecule has 4 amide bonds. The lowest BCUT2D eigenvalue weighted by atomic mass is 10.0. The van der Waals surface area contributed by atoms with Crippen molar-refractivity contribution in [3.8, 4) is 0 Å². The summed E-state index contributed by atoms with van der Waals surface area (Å²) in [5, 5.41) is 2.21. The summed E-state index contributed by atoms with van der Waals surface area (Å²) >= 11 is 0. The van der Waals surface area contributed by atoms with Crippen LogP contribution in [0.25, 0.3) is 5.57 Å². The molecule has 0 bridgehead atoms. The molecule has 158 valence electrons. The molecule has 31 heavy (non-hydrogen) atoms. The Morgan fingerprint density at radius 2 is 1.87 bits per heavy atom. The molecule has 5 rings (SSSR count). The second-order valence-electron chi connectivity index (χ2n) is 8.05. The van der Waals surface area contributed by atoms with Gasteiger partial charge in [-0.2, -0.15) is 0 Å². The number of imide groups is 2. The quantitative estimate of drug-likeness (QED) is 0.761. The van der Waals surface area contributed by atoms with Crippen molar-refractivity contribution >= 4 is 29.2 Å². The number of carbonyl (C=O) groups is 4. The third kappa shape index (κ3) is 3.48. The first-order valence-electron chi connectivity index (χ1n) is 10.3. The molecule has 1 N–H and O–H groups in total. The maximum atomic E-state index is 13.0. The van der Waals surface area contributed by atoms with E-state index < -0.39 is 23.8 Å². The van der Waals surface area contributed by atoms with Gasteiger partial charge >= 0.3 is 0 Å². The van der Waals surface area contributed by atoms with Crippen LogP contribution in [-0.4, -0.2) is 52.6 Å². The van der Waals surface area contributed by atoms with E-state index in [9.17, 15) is 19.2 Å². The molecule has 0 aliphatic carbocycles. The molecule has 1 aromatic carbocycles. The second-order valence-corrected chi connectivity index (χ2v) is 8.05. The lowest BCUT2D eigenvalue weighted by Crippen LogP contribution is -2.54. The summed E-state index contributed by atoms with van der Waals surface area (Å²) in [4.78, 5) is 52.6. The van der Waals surface area contributed by atoms with E-state index in [1.165, 1.54) is 5.57 Å². The molecule has 0 radical (unpaired) electrons. The Morgan fingerprint density at radius 3 is 2.58 bits per heavy atom. The van der Waals surface area contributed by atoms with Crippen molar-refractivity contribution in [3.63, 3.8) is 0 Å². The maximum Gasteiger partial charge on any atom is 0.262 e. The fourth-order valence-electron chi connectivity index (χ4n) is 4.44. The number of nitrogens with zero attached hydrogens (tertiary/aromatic N) is 2. The van der Waals surface area contributed by atoms with E-state index in [0.717, 1.165) is 35.5 Å². The molecule has 0 spiro atoms. The SMILES string of the molecule is O=C1CCC(N2C(=O)c3ccc(CN4CC=C(c5ccoc5)CC4)cc3C2=O)C(=O)N1. The van der Waals surface area contributed by atoms with Gasteiger partial charge < -0.3 is 4.42 Å². The predicted molar refractivity (Wildman–Crippen MR) is 110 cm³/mol. The van der Waals surface area contributed by atoms with Crippen molar-refractivity contribution in [2.75, 3.05) is 13.1 Å². The number of nitrogens with one attached hydrogen (secondary N) is 1. The monoisotopic (exact) mass is 419 g/mol. The van der Waals surface area contributed by atoms with Crippen LogP contribution in [0.2, 0.25) is 0 Å². The smallest absolute Gasteiger partial charge is 0.262 e. The molecule has 3 aliphatic heterocycles. The lowest BCUT2D eigenvalue weighted by molar-refractivity contribution is -0.136. The number of rotatable bonds is 4. The molecule has 1 saturated heterocycles. The van der Waals surface area contributed by atoms with Crippen molar-refractivity contribution in [3.05, 3.63) is 65.1 Å². The average molecular weight is 419 g/mol. The van der Waals surface area contributed by atoms with Gasteiger partial charge in [-0.3, -0.25) is 34.3 Å². The number of hydrogen-bond donors (Lipinski definition) is 1. The zero-order valence-corrected chi connectivity index (χ0v) is 16.8. The highest BCUT2D eigenvalue weighted by atomic mass is 16.3. The summed E-state index contributed by atoms with van der Waals surface area (Å²) in [6.45, 7) is 2.32. The zero-order valence-electron chi connectivity index (χ0n) is 16.8. The van der Waals surface area contributed by atoms with Crippen LogP contribution in [-0.2, 0) is 16.1 Å². The van der Waals surface area contributed by atoms with Gasteiger partial charge in [0, 0.05) is 31.6 Å². The molecular formula is C23H21N3O5. The summed E-state index contributed by atoms with van der Waals surface area (Å²) in [7, 11) is 0. The Labute approximate surface area is 178 Å². The minimum atomic E-state index is -0.942. The van der Waals surface area contributed by atoms with Gasteiger partial charge in [0.25, 0.3) is 11.8 Å². The highest BCUT2D eigenvalue weighted by Crippen LogP contribution is 2.29. The van der Waals surface area contributed by atoms with Gasteiger partial charge in [-0.05, 0) is 42.2 Å². The van der Waals surface area contributed by atoms with Gasteiger partial charge in [0.2, 0.25) is 11.8 Å². The van der Waals surface area contributed by atoms with E-state index in [1.54, 1.807) is 24.7 Å². The summed E-state index contributed by atoms with van der Waals surface area (Å²) in [6, 6.07) is 6.28. The van der Waals surface area contributed by atoms with Gasteiger partial charge in [0.1, 0.15) is 6.04 Å². The highest BCUT2D eigenvalue weighted by molar-refractivity contribution is 6.23. The van der Waals surface area contributed by atoms with Gasteiger partial charge in [-0.25, -0.2) is 0 Å². The summed E-state index contributed by atoms with van der Waals surface area (Å²) in [5.41, 5.74) is 3.93. The van der Waals surface area contributed by atoms with Crippen LogP contribution in [0, 0.1) is 0 Å². The Morgan fingerprint density at radius 1 is 1.03 bits per heavy atom. The first-order valence-corrected chi connectivity index (χ1v) is 10.3. The third-order valence-electron chi connectivity index (χ3n) is 6.10. The first-order chi connectivity index (χ1) is 15.0. The molecular weight excluding hydrogens is 398 g/mol. The Balaban J connectivity index is 1.31. The number of piperidine rings is 1. The van der Waals surface area contributed by atoms with Crippen molar-refractivity contribution in [1.82, 2.24) is 15.1 Å². The molecule has 1 fully saturated rings. The van der Waals surface area contributed by atoms with Gasteiger partial charge in [0.05, 0.1) is 23.7 Å². The molecule has 3 aliphatic rings. The number of carbonyl (C=O) groups excluding carboxylic acids is 4. The van der Waals surface area contributed by atoms with E-state index in [4.69, 9.17) is 4.42 Å². The number of fused-ring (bicyclic) bond motifs is 1. The molecule has 8 heteroatoms. The zero-order chi connectivity index (χ0) is 21.5. The molecule has 0 saturated carbocycles. The summed E-state index contributed by atoms with van der Waals surface area (Å²) < 4.78 is 5.16. The Bertz CT molecular complexity index is 1120. The standard InChI is InChI=1S/C23H21N3O5/c27-20-4-3-19(21(28)24-20)26-22(29)17-2-1-14(11-18(17)23(26)30)12-25-8-5-15(6-9-25)16-7-10-31-13-16/h1-2,5,7,10-11,13,19H,3-4,6,8-9,12H2,(H,24,27,28). The number of amides is 4. The van der Waals surface area contributed by atoms with Crippen LogP contribution in [0.3, 0.4) is 0 Å². The topological polar surface area (TPSA) is 99.9 Å². The fraction of sp³-hybridized carbons (Fsp3) is 0.304. The van der Waals surface area contributed by atoms with Gasteiger partial charge in [0.15, 0.2) is 0 Å². The minimum absolute atomic E-state index is 0.109. The number of benzene rings is 1. The molecule has 1 atom stereocenters. The van der Waals surface area contributed by atoms with Crippen molar-refractivity contribution < 1.29 is 23.6 Å². The van der Waals surface area contributed by atoms with Crippen LogP contribution in [0.1, 0.15) is 51.1 Å². The van der Waals surface area contributed by atoms with Crippen LogP contribution < -0.4 is 5.32 Å². The van der Waals surface area contributed by atoms with Crippen molar-refractivity contribution in [2.45, 2.75) is 31.8 Å². The minimum Gasteiger partial charge on any atom is -0.472 e. The van der Waals surface area contributed by atoms with E-state index in [1.807, 2.05) is 12.1 Å². The summed E-state index contributed by atoms with van der Waals surface area (Å²) in [5.74, 6) is -1.94. The normalized spacial score (nSPS) is 21.9. The number of hydrogen-bond acceptors (Lipinski definition) is 6. The molecule has 2 aromatic rings. The van der Waals surface area contributed by atoms with Crippen molar-refractivity contribution in [1.29, 1.82) is 0 Å². The average Bonchev–Trinajstić information content (AvgIpc) is 3.37. The largest absolute Gasteiger partial charge is 0.472 e. The first kappa shape index (κ1) is 19.4. The third-order valence-corrected chi connectivity index (χ3v) is 6.10. The van der Waals surface area contributed by atoms with Gasteiger partial charge in [-0.15, -0.1) is 0 Å². The molecule has 4 heterocycles. The predicted octanol–water partition coefficient (Wildman–Crippen LogP) is 1.97. The van der Waals surface area contributed by atoms with E-state index in [0.29, 0.717) is 17.7 Å². The van der Waals surface area contributed by atoms with Crippen molar-refractivity contribution in [2.24, 2.45) is 0 Å². The van der Waals surface area contributed by atoms with Crippen LogP contribution in [0.5, 0.6) is 0 Å². The Kier molecular flexibility index (Phi) is 4.78. The van der Waals surface area contributed by atoms with Crippen LogP contribution >= 0.6 is 0 Å². The van der Waals surface area contributed by atoms with Crippen LogP contribution in [0.4, 0.5) is 0 Å². The molecule has 8 nitrogen and oxygen atoms in total. The highest BCUT2D eigenvalue weighted by Gasteiger charge is 2.44. The van der Waals surface area contributed by atoms with E-state index in [-0.39, 0.29) is 18.7 Å². The fourth-order valence-corrected chi connectivity index (χ4v) is 4.44. The van der Waals surface area contributed by atoms with E-state index in [2.05, 4.69) is 16.3 Å². The Hall–Kier alpha value is -3.52. The van der Waals surface area contributed by atoms with Crippen LogP contribution in [0.15, 0.2) is 47.3 Å². The molecule has 1 unspecified atom stereocenters. The van der Waals surface area contributed by atoms with E-state index >= 15 is 0 Å². The summed E-state index contributed by atoms with van der Waals surface area (Å²) in [6.07, 6.45) is 6.77. The maximum absolute atomic E-state index is 13.0. The second kappa shape index (κ2) is 7.63.